The SMILES string of the molecule is CCNC(=O)[C@@H]1CCCN1C(=O)[C@H](CCCN=C(N)N)NC(=O)[C@@H](NC(=O)[C@H](CCC(N)=O)NC(=O)[C@@H](NC(=O)[C@H](NC(=O)[C@@H](NC(=O)[C@@H](C)NC(C)=O)C(C)C)[C@@H](C)CC)[C@@H](C)O)[C@@H](C)CC. The third kappa shape index (κ3) is 19.6. The molecule has 24 nitrogen and oxygen atoms in total. The molecule has 1 heterocycles. The molecule has 1 saturated heterocycles. The van der Waals surface area contributed by atoms with Crippen LogP contribution in [0.1, 0.15) is 121 Å². The van der Waals surface area contributed by atoms with Gasteiger partial charge in [-0.2, -0.15) is 0 Å². The van der Waals surface area contributed by atoms with Crippen LogP contribution in [0.15, 0.2) is 4.99 Å². The summed E-state index contributed by atoms with van der Waals surface area (Å²) >= 11 is 0. The maximum absolute atomic E-state index is 14.2. The number of aliphatic imine (C=N–C) groups is 1. The zero-order chi connectivity index (χ0) is 52.0. The van der Waals surface area contributed by atoms with Gasteiger partial charge in [-0.25, -0.2) is 0 Å². The first-order valence-electron chi connectivity index (χ1n) is 23.5. The first kappa shape index (κ1) is 59.9. The highest BCUT2D eigenvalue weighted by atomic mass is 16.3. The van der Waals surface area contributed by atoms with E-state index in [1.807, 2.05) is 0 Å². The second-order valence-electron chi connectivity index (χ2n) is 17.8. The zero-order valence-corrected chi connectivity index (χ0v) is 41.4. The van der Waals surface area contributed by atoms with Crippen molar-refractivity contribution in [2.24, 2.45) is 39.9 Å². The number of rotatable bonds is 29. The van der Waals surface area contributed by atoms with E-state index in [0.717, 1.165) is 0 Å². The Kier molecular flexibility index (Phi) is 26.1. The molecule has 0 saturated carbocycles. The van der Waals surface area contributed by atoms with Gasteiger partial charge in [0, 0.05) is 33.0 Å². The summed E-state index contributed by atoms with van der Waals surface area (Å²) in [5.41, 5.74) is 16.4. The largest absolute Gasteiger partial charge is 0.391 e. The summed E-state index contributed by atoms with van der Waals surface area (Å²) in [6, 6.07) is -9.88. The van der Waals surface area contributed by atoms with Gasteiger partial charge in [0.05, 0.1) is 6.10 Å². The Morgan fingerprint density at radius 3 is 1.65 bits per heavy atom. The summed E-state index contributed by atoms with van der Waals surface area (Å²) in [6.45, 7) is 16.6. The van der Waals surface area contributed by atoms with E-state index in [1.165, 1.54) is 25.7 Å². The van der Waals surface area contributed by atoms with Crippen molar-refractivity contribution in [3.63, 3.8) is 0 Å². The standard InChI is InChI=1S/C44H79N13O11/c1-11-23(6)33(40(65)52-29(16-14-20-49-44(46)47)43(68)57-21-15-17-30(57)38(63)48-13-3)54-37(62)28(18-19-31(45)60)51-42(67)35(26(9)58)56-41(66)34(24(7)12-2)55-39(64)32(22(4)5)53-36(61)25(8)50-27(10)59/h22-26,28-30,32-35,58H,11-21H2,1-10H3,(H2,45,60)(H,48,63)(H,50,59)(H,51,67)(H,52,65)(H,53,61)(H,54,62)(H,55,64)(H,56,66)(H4,46,47,49)/t23-,24-,25+,26+,28-,29-,30-,32-,33-,34+,35-/m0/s1. The zero-order valence-electron chi connectivity index (χ0n) is 41.4. The first-order chi connectivity index (χ1) is 31.8. The fourth-order valence-electron chi connectivity index (χ4n) is 7.37. The van der Waals surface area contributed by atoms with Gasteiger partial charge in [-0.05, 0) is 70.6 Å². The maximum Gasteiger partial charge on any atom is 0.245 e. The maximum atomic E-state index is 14.2. The fraction of sp³-hybridized carbons (Fsp3) is 0.750. The van der Waals surface area contributed by atoms with Crippen LogP contribution in [-0.4, -0.2) is 149 Å². The molecule has 0 unspecified atom stereocenters. The lowest BCUT2D eigenvalue weighted by molar-refractivity contribution is -0.142. The summed E-state index contributed by atoms with van der Waals surface area (Å²) in [7, 11) is 0. The number of carbonyl (C=O) groups is 10. The van der Waals surface area contributed by atoms with E-state index in [-0.39, 0.29) is 44.2 Å². The number of hydrogen-bond donors (Lipinski definition) is 12. The molecule has 1 fully saturated rings. The molecule has 386 valence electrons. The second kappa shape index (κ2) is 29.6. The molecule has 0 aromatic heterocycles. The Morgan fingerprint density at radius 1 is 0.647 bits per heavy atom. The van der Waals surface area contributed by atoms with E-state index < -0.39 is 132 Å². The highest BCUT2D eigenvalue weighted by Gasteiger charge is 2.40. The number of likely N-dealkylation sites (N-methyl/N-ethyl adjacent to an activating group) is 1. The number of likely N-dealkylation sites (tertiary alicyclic amines) is 1. The molecule has 1 aliphatic rings. The van der Waals surface area contributed by atoms with Gasteiger partial charge in [-0.3, -0.25) is 52.9 Å². The summed E-state index contributed by atoms with van der Waals surface area (Å²) in [5, 5.41) is 31.5. The molecule has 10 amide bonds. The van der Waals surface area contributed by atoms with Gasteiger partial charge in [-0.15, -0.1) is 0 Å². The van der Waals surface area contributed by atoms with E-state index in [9.17, 15) is 53.1 Å². The number of hydrogen-bond acceptors (Lipinski definition) is 12. The van der Waals surface area contributed by atoms with Crippen molar-refractivity contribution in [2.45, 2.75) is 175 Å². The van der Waals surface area contributed by atoms with E-state index in [0.29, 0.717) is 32.2 Å². The van der Waals surface area contributed by atoms with Crippen LogP contribution >= 0.6 is 0 Å². The number of aliphatic hydroxyl groups is 1. The van der Waals surface area contributed by atoms with Crippen LogP contribution in [0.2, 0.25) is 0 Å². The van der Waals surface area contributed by atoms with Crippen molar-refractivity contribution in [1.29, 1.82) is 0 Å². The number of carbonyl (C=O) groups excluding carboxylic acids is 10. The normalized spacial score (nSPS) is 17.8. The van der Waals surface area contributed by atoms with Gasteiger partial charge >= 0.3 is 0 Å². The van der Waals surface area contributed by atoms with Crippen LogP contribution in [-0.2, 0) is 47.9 Å². The fourth-order valence-corrected chi connectivity index (χ4v) is 7.37. The molecule has 11 atom stereocenters. The van der Waals surface area contributed by atoms with Crippen LogP contribution in [0.25, 0.3) is 0 Å². The first-order valence-corrected chi connectivity index (χ1v) is 23.5. The molecule has 15 N–H and O–H groups in total. The van der Waals surface area contributed by atoms with Crippen molar-refractivity contribution in [3.05, 3.63) is 0 Å². The third-order valence-corrected chi connectivity index (χ3v) is 11.8. The Labute approximate surface area is 399 Å². The topological polar surface area (TPSA) is 381 Å². The Bertz CT molecular complexity index is 1790. The molecule has 0 radical (unpaired) electrons. The van der Waals surface area contributed by atoms with Gasteiger partial charge < -0.3 is 69.7 Å². The molecule has 0 aliphatic carbocycles. The highest BCUT2D eigenvalue weighted by Crippen LogP contribution is 2.21. The van der Waals surface area contributed by atoms with Crippen LogP contribution in [0.5, 0.6) is 0 Å². The molecule has 0 aromatic carbocycles. The number of amides is 10. The molecular weight excluding hydrogens is 887 g/mol. The van der Waals surface area contributed by atoms with Crippen molar-refractivity contribution in [1.82, 2.24) is 47.4 Å². The predicted molar refractivity (Wildman–Crippen MR) is 252 cm³/mol. The van der Waals surface area contributed by atoms with Crippen molar-refractivity contribution in [2.75, 3.05) is 19.6 Å². The van der Waals surface area contributed by atoms with Crippen molar-refractivity contribution >= 4 is 65.0 Å². The molecule has 1 aliphatic heterocycles. The average molecular weight is 966 g/mol. The number of aliphatic hydroxyl groups excluding tert-OH is 1. The molecule has 0 bridgehead atoms. The van der Waals surface area contributed by atoms with Gasteiger partial charge in [0.15, 0.2) is 5.96 Å². The van der Waals surface area contributed by atoms with Gasteiger partial charge in [0.1, 0.15) is 48.3 Å². The summed E-state index contributed by atoms with van der Waals surface area (Å²) < 4.78 is 0. The van der Waals surface area contributed by atoms with Crippen molar-refractivity contribution in [3.8, 4) is 0 Å². The Balaban J connectivity index is 3.45. The van der Waals surface area contributed by atoms with E-state index in [4.69, 9.17) is 17.2 Å². The Hall–Kier alpha value is -6.07. The molecule has 68 heavy (non-hydrogen) atoms. The molecule has 24 heteroatoms. The predicted octanol–water partition coefficient (Wildman–Crippen LogP) is -3.01. The smallest absolute Gasteiger partial charge is 0.245 e. The quantitative estimate of drug-likeness (QED) is 0.0202. The monoisotopic (exact) mass is 966 g/mol. The highest BCUT2D eigenvalue weighted by molar-refractivity contribution is 5.98. The van der Waals surface area contributed by atoms with Gasteiger partial charge in [0.25, 0.3) is 0 Å². The minimum atomic E-state index is -1.72. The second-order valence-corrected chi connectivity index (χ2v) is 17.8. The third-order valence-electron chi connectivity index (χ3n) is 11.8. The summed E-state index contributed by atoms with van der Waals surface area (Å²) in [6.07, 6.45) is -0.306. The van der Waals surface area contributed by atoms with Gasteiger partial charge in [0.2, 0.25) is 59.1 Å². The average Bonchev–Trinajstić information content (AvgIpc) is 3.76. The molecule has 1 rings (SSSR count). The van der Waals surface area contributed by atoms with E-state index in [1.54, 1.807) is 48.5 Å². The van der Waals surface area contributed by atoms with Crippen LogP contribution in [0.4, 0.5) is 0 Å². The van der Waals surface area contributed by atoms with Crippen LogP contribution in [0, 0.1) is 17.8 Å². The number of nitrogens with zero attached hydrogens (tertiary/aromatic N) is 2. The van der Waals surface area contributed by atoms with Gasteiger partial charge in [-0.1, -0.05) is 54.4 Å². The van der Waals surface area contributed by atoms with Crippen LogP contribution < -0.4 is 59.7 Å². The molecule has 0 aromatic rings. The summed E-state index contributed by atoms with van der Waals surface area (Å²) in [5.74, 6) is -8.85. The number of guanidine groups is 1. The lowest BCUT2D eigenvalue weighted by atomic mass is 9.95. The minimum Gasteiger partial charge on any atom is -0.391 e. The van der Waals surface area contributed by atoms with E-state index in [2.05, 4.69) is 47.5 Å². The molecule has 0 spiro atoms. The lowest BCUT2D eigenvalue weighted by Crippen LogP contribution is -2.63. The lowest BCUT2D eigenvalue weighted by Gasteiger charge is -2.32. The number of primary amides is 1. The molecular formula is C44H79N13O11. The Morgan fingerprint density at radius 2 is 1.15 bits per heavy atom. The number of nitrogens with one attached hydrogen (secondary N) is 8. The van der Waals surface area contributed by atoms with E-state index >= 15 is 0 Å². The van der Waals surface area contributed by atoms with Crippen molar-refractivity contribution < 1.29 is 53.1 Å². The van der Waals surface area contributed by atoms with Crippen LogP contribution in [0.3, 0.4) is 0 Å². The number of nitrogens with two attached hydrogens (primary N) is 3. The summed E-state index contributed by atoms with van der Waals surface area (Å²) in [4.78, 5) is 138. The minimum absolute atomic E-state index is 0.0700.